The fourth-order valence-corrected chi connectivity index (χ4v) is 3.11. The Morgan fingerprint density at radius 3 is 2.07 bits per heavy atom. The van der Waals surface area contributed by atoms with E-state index in [0.717, 1.165) is 22.6 Å². The SMILES string of the molecule is Cc1ccc(OCCOc2ccc(CC(C(=O)O)c3ccccc3)cc2)cc1C. The second-order valence-corrected chi connectivity index (χ2v) is 7.09. The standard InChI is InChI=1S/C25H26O4/c1-18-8-11-23(16-19(18)2)29-15-14-28-22-12-9-20(10-13-22)17-24(25(26)27)21-6-4-3-5-7-21/h3-13,16,24H,14-15,17H2,1-2H3,(H,26,27). The zero-order valence-electron chi connectivity index (χ0n) is 16.8. The minimum absolute atomic E-state index is 0.439. The highest BCUT2D eigenvalue weighted by molar-refractivity contribution is 5.76. The smallest absolute Gasteiger partial charge is 0.311 e. The van der Waals surface area contributed by atoms with E-state index < -0.39 is 11.9 Å². The van der Waals surface area contributed by atoms with Gasteiger partial charge in [-0.3, -0.25) is 4.79 Å². The van der Waals surface area contributed by atoms with Crippen LogP contribution >= 0.6 is 0 Å². The number of carbonyl (C=O) groups is 1. The van der Waals surface area contributed by atoms with Crippen LogP contribution in [0.1, 0.15) is 28.2 Å². The molecule has 1 N–H and O–H groups in total. The van der Waals surface area contributed by atoms with Crippen molar-refractivity contribution in [3.05, 3.63) is 95.1 Å². The molecule has 150 valence electrons. The Balaban J connectivity index is 1.50. The molecule has 4 nitrogen and oxygen atoms in total. The van der Waals surface area contributed by atoms with Crippen LogP contribution in [0.4, 0.5) is 0 Å². The molecular weight excluding hydrogens is 364 g/mol. The lowest BCUT2D eigenvalue weighted by molar-refractivity contribution is -0.138. The van der Waals surface area contributed by atoms with Crippen molar-refractivity contribution in [3.8, 4) is 11.5 Å². The molecule has 0 amide bonds. The number of ether oxygens (including phenoxy) is 2. The molecule has 0 fully saturated rings. The molecule has 1 atom stereocenters. The van der Waals surface area contributed by atoms with E-state index in [1.165, 1.54) is 11.1 Å². The molecule has 3 aromatic rings. The van der Waals surface area contributed by atoms with Crippen LogP contribution in [-0.4, -0.2) is 24.3 Å². The van der Waals surface area contributed by atoms with E-state index in [-0.39, 0.29) is 0 Å². The average molecular weight is 390 g/mol. The predicted molar refractivity (Wildman–Crippen MR) is 114 cm³/mol. The fourth-order valence-electron chi connectivity index (χ4n) is 3.11. The molecule has 0 aromatic heterocycles. The highest BCUT2D eigenvalue weighted by atomic mass is 16.5. The fraction of sp³-hybridized carbons (Fsp3) is 0.240. The van der Waals surface area contributed by atoms with Crippen molar-refractivity contribution in [2.45, 2.75) is 26.2 Å². The first-order valence-electron chi connectivity index (χ1n) is 9.72. The number of rotatable bonds is 9. The van der Waals surface area contributed by atoms with Crippen LogP contribution in [0.3, 0.4) is 0 Å². The van der Waals surface area contributed by atoms with Gasteiger partial charge in [0.15, 0.2) is 0 Å². The molecule has 3 aromatic carbocycles. The van der Waals surface area contributed by atoms with E-state index in [2.05, 4.69) is 13.8 Å². The number of hydrogen-bond donors (Lipinski definition) is 1. The summed E-state index contributed by atoms with van der Waals surface area (Å²) in [4.78, 5) is 11.7. The third kappa shape index (κ3) is 5.85. The second-order valence-electron chi connectivity index (χ2n) is 7.09. The van der Waals surface area contributed by atoms with Gasteiger partial charge in [-0.2, -0.15) is 0 Å². The van der Waals surface area contributed by atoms with Crippen LogP contribution in [-0.2, 0) is 11.2 Å². The van der Waals surface area contributed by atoms with E-state index >= 15 is 0 Å². The third-order valence-electron chi connectivity index (χ3n) is 4.96. The molecule has 0 heterocycles. The van der Waals surface area contributed by atoms with Crippen LogP contribution in [0, 0.1) is 13.8 Å². The van der Waals surface area contributed by atoms with E-state index in [0.29, 0.717) is 19.6 Å². The topological polar surface area (TPSA) is 55.8 Å². The Hall–Kier alpha value is -3.27. The summed E-state index contributed by atoms with van der Waals surface area (Å²) >= 11 is 0. The zero-order chi connectivity index (χ0) is 20.6. The summed E-state index contributed by atoms with van der Waals surface area (Å²) in [5, 5.41) is 9.57. The number of aryl methyl sites for hydroxylation is 2. The van der Waals surface area contributed by atoms with Crippen LogP contribution in [0.15, 0.2) is 72.8 Å². The maximum atomic E-state index is 11.7. The number of benzene rings is 3. The van der Waals surface area contributed by atoms with Crippen LogP contribution in [0.5, 0.6) is 11.5 Å². The third-order valence-corrected chi connectivity index (χ3v) is 4.96. The van der Waals surface area contributed by atoms with Gasteiger partial charge in [0.05, 0.1) is 5.92 Å². The van der Waals surface area contributed by atoms with Crippen molar-refractivity contribution in [3.63, 3.8) is 0 Å². The summed E-state index contributed by atoms with van der Waals surface area (Å²) < 4.78 is 11.5. The molecule has 0 saturated heterocycles. The molecule has 0 saturated carbocycles. The molecular formula is C25H26O4. The van der Waals surface area contributed by atoms with Gasteiger partial charge in [-0.25, -0.2) is 0 Å². The van der Waals surface area contributed by atoms with Crippen molar-refractivity contribution in [2.24, 2.45) is 0 Å². The normalized spacial score (nSPS) is 11.7. The van der Waals surface area contributed by atoms with Crippen LogP contribution < -0.4 is 9.47 Å². The van der Waals surface area contributed by atoms with Crippen LogP contribution in [0.25, 0.3) is 0 Å². The van der Waals surface area contributed by atoms with Gasteiger partial charge >= 0.3 is 5.97 Å². The Morgan fingerprint density at radius 1 is 0.828 bits per heavy atom. The van der Waals surface area contributed by atoms with Crippen molar-refractivity contribution >= 4 is 5.97 Å². The summed E-state index contributed by atoms with van der Waals surface area (Å²) in [5.74, 6) is 0.200. The summed E-state index contributed by atoms with van der Waals surface area (Å²) in [5.41, 5.74) is 4.21. The van der Waals surface area contributed by atoms with Gasteiger partial charge in [0.2, 0.25) is 0 Å². The first kappa shape index (κ1) is 20.5. The minimum Gasteiger partial charge on any atom is -0.490 e. The summed E-state index contributed by atoms with van der Waals surface area (Å²) in [6.07, 6.45) is 0.440. The monoisotopic (exact) mass is 390 g/mol. The summed E-state index contributed by atoms with van der Waals surface area (Å²) in [6, 6.07) is 22.9. The lowest BCUT2D eigenvalue weighted by Gasteiger charge is -2.13. The van der Waals surface area contributed by atoms with Gasteiger partial charge in [0.25, 0.3) is 0 Å². The number of carboxylic acid groups (broad SMARTS) is 1. The van der Waals surface area contributed by atoms with E-state index in [1.807, 2.05) is 72.8 Å². The summed E-state index contributed by atoms with van der Waals surface area (Å²) in [6.45, 7) is 5.03. The van der Waals surface area contributed by atoms with Crippen molar-refractivity contribution in [2.75, 3.05) is 13.2 Å². The van der Waals surface area contributed by atoms with E-state index in [9.17, 15) is 9.90 Å². The zero-order valence-corrected chi connectivity index (χ0v) is 16.8. The molecule has 4 heteroatoms. The number of hydrogen-bond acceptors (Lipinski definition) is 3. The summed E-state index contributed by atoms with van der Waals surface area (Å²) in [7, 11) is 0. The Bertz CT molecular complexity index is 933. The van der Waals surface area contributed by atoms with E-state index in [1.54, 1.807) is 0 Å². The van der Waals surface area contributed by atoms with Gasteiger partial charge in [-0.15, -0.1) is 0 Å². The molecule has 0 aliphatic carbocycles. The van der Waals surface area contributed by atoms with Crippen molar-refractivity contribution < 1.29 is 19.4 Å². The Kier molecular flexibility index (Phi) is 6.90. The lowest BCUT2D eigenvalue weighted by Crippen LogP contribution is -2.14. The van der Waals surface area contributed by atoms with Gasteiger partial charge in [-0.05, 0) is 66.8 Å². The highest BCUT2D eigenvalue weighted by Crippen LogP contribution is 2.23. The molecule has 1 unspecified atom stereocenters. The average Bonchev–Trinajstić information content (AvgIpc) is 2.73. The highest BCUT2D eigenvalue weighted by Gasteiger charge is 2.20. The van der Waals surface area contributed by atoms with Crippen molar-refractivity contribution in [1.82, 2.24) is 0 Å². The molecule has 0 radical (unpaired) electrons. The molecule has 0 spiro atoms. The Morgan fingerprint density at radius 2 is 1.45 bits per heavy atom. The first-order valence-corrected chi connectivity index (χ1v) is 9.72. The molecule has 0 bridgehead atoms. The van der Waals surface area contributed by atoms with Gasteiger partial charge in [0, 0.05) is 0 Å². The van der Waals surface area contributed by atoms with Gasteiger partial charge < -0.3 is 14.6 Å². The first-order chi connectivity index (χ1) is 14.0. The maximum absolute atomic E-state index is 11.7. The van der Waals surface area contributed by atoms with Crippen LogP contribution in [0.2, 0.25) is 0 Å². The second kappa shape index (κ2) is 9.78. The molecule has 0 aliphatic heterocycles. The minimum atomic E-state index is -0.819. The maximum Gasteiger partial charge on any atom is 0.311 e. The Labute approximate surface area is 171 Å². The molecule has 0 aliphatic rings. The number of carboxylic acids is 1. The number of aliphatic carboxylic acids is 1. The van der Waals surface area contributed by atoms with Gasteiger partial charge in [0.1, 0.15) is 24.7 Å². The molecule has 29 heavy (non-hydrogen) atoms. The quantitative estimate of drug-likeness (QED) is 0.512. The van der Waals surface area contributed by atoms with Crippen molar-refractivity contribution in [1.29, 1.82) is 0 Å². The lowest BCUT2D eigenvalue weighted by atomic mass is 9.92. The predicted octanol–water partition coefficient (Wildman–Crippen LogP) is 5.17. The van der Waals surface area contributed by atoms with E-state index in [4.69, 9.17) is 9.47 Å². The van der Waals surface area contributed by atoms with Gasteiger partial charge in [-0.1, -0.05) is 48.5 Å². The molecule has 3 rings (SSSR count). The largest absolute Gasteiger partial charge is 0.490 e.